The van der Waals surface area contributed by atoms with E-state index in [2.05, 4.69) is 0 Å². The Labute approximate surface area is 180 Å². The maximum atomic E-state index is 12.2. The molecule has 0 amide bonds. The lowest BCUT2D eigenvalue weighted by molar-refractivity contribution is 0.0434. The molecule has 0 aliphatic carbocycles. The van der Waals surface area contributed by atoms with Crippen molar-refractivity contribution in [1.82, 2.24) is 0 Å². The maximum Gasteiger partial charge on any atom is 0.338 e. The summed E-state index contributed by atoms with van der Waals surface area (Å²) in [6.45, 7) is -0.453. The summed E-state index contributed by atoms with van der Waals surface area (Å²) in [7, 11) is 0. The Morgan fingerprint density at radius 2 is 0.906 bits per heavy atom. The molecule has 0 aliphatic heterocycles. The van der Waals surface area contributed by atoms with Gasteiger partial charge in [-0.25, -0.2) is 9.59 Å². The fourth-order valence-corrected chi connectivity index (χ4v) is 2.74. The molecule has 0 bridgehead atoms. The summed E-state index contributed by atoms with van der Waals surface area (Å²) in [5, 5.41) is 56.8. The third kappa shape index (κ3) is 4.75. The Bertz CT molecular complexity index is 1050. The van der Waals surface area contributed by atoms with Gasteiger partial charge in [0.25, 0.3) is 0 Å². The molecule has 166 valence electrons. The van der Waals surface area contributed by atoms with Crippen LogP contribution in [-0.2, 0) is 22.7 Å². The standard InChI is InChI=1S/C22H18O10/c23-15-5-13(6-16(24)19(15)27)21(29)31-9-11-3-1-2-4-12(11)10-32-22(30)14-7-17(25)20(28)18(26)8-14/h1-8,23-28H,9-10H2. The molecular weight excluding hydrogens is 424 g/mol. The SMILES string of the molecule is O=C(OCc1ccccc1COC(=O)c1cc(O)c(O)c(O)c1)c1cc(O)c(O)c(O)c1. The first kappa shape index (κ1) is 22.1. The van der Waals surface area contributed by atoms with Crippen LogP contribution in [0.1, 0.15) is 31.8 Å². The van der Waals surface area contributed by atoms with Crippen LogP contribution in [-0.4, -0.2) is 42.6 Å². The van der Waals surface area contributed by atoms with Crippen LogP contribution in [0, 0.1) is 0 Å². The minimum Gasteiger partial charge on any atom is -0.504 e. The van der Waals surface area contributed by atoms with E-state index < -0.39 is 46.4 Å². The van der Waals surface area contributed by atoms with Crippen LogP contribution in [0.15, 0.2) is 48.5 Å². The van der Waals surface area contributed by atoms with Crippen LogP contribution in [0.2, 0.25) is 0 Å². The minimum atomic E-state index is -0.877. The van der Waals surface area contributed by atoms with E-state index >= 15 is 0 Å². The number of carbonyl (C=O) groups is 2. The van der Waals surface area contributed by atoms with E-state index in [9.17, 15) is 40.2 Å². The number of rotatable bonds is 6. The normalized spacial score (nSPS) is 10.5. The van der Waals surface area contributed by atoms with Gasteiger partial charge in [-0.05, 0) is 35.4 Å². The van der Waals surface area contributed by atoms with Gasteiger partial charge < -0.3 is 40.1 Å². The Morgan fingerprint density at radius 3 is 1.22 bits per heavy atom. The number of ether oxygens (including phenoxy) is 2. The molecule has 0 atom stereocenters. The van der Waals surface area contributed by atoms with Gasteiger partial charge in [-0.3, -0.25) is 0 Å². The summed E-state index contributed by atoms with van der Waals surface area (Å²) in [5.74, 6) is -6.01. The first-order valence-electron chi connectivity index (χ1n) is 9.08. The molecule has 6 N–H and O–H groups in total. The quantitative estimate of drug-likeness (QED) is 0.246. The molecule has 10 heteroatoms. The van der Waals surface area contributed by atoms with Gasteiger partial charge >= 0.3 is 11.9 Å². The Hall–Kier alpha value is -4.60. The van der Waals surface area contributed by atoms with Crippen molar-refractivity contribution in [2.75, 3.05) is 0 Å². The second kappa shape index (κ2) is 9.04. The lowest BCUT2D eigenvalue weighted by atomic mass is 10.1. The third-order valence-electron chi connectivity index (χ3n) is 4.45. The molecular formula is C22H18O10. The first-order valence-corrected chi connectivity index (χ1v) is 9.08. The number of phenols is 6. The lowest BCUT2D eigenvalue weighted by Gasteiger charge is -2.12. The predicted molar refractivity (Wildman–Crippen MR) is 108 cm³/mol. The molecule has 0 saturated heterocycles. The van der Waals surface area contributed by atoms with Crippen molar-refractivity contribution in [3.8, 4) is 34.5 Å². The highest BCUT2D eigenvalue weighted by Gasteiger charge is 2.17. The van der Waals surface area contributed by atoms with Crippen LogP contribution in [0.4, 0.5) is 0 Å². The van der Waals surface area contributed by atoms with E-state index in [1.165, 1.54) is 0 Å². The van der Waals surface area contributed by atoms with Crippen molar-refractivity contribution in [2.24, 2.45) is 0 Å². The van der Waals surface area contributed by atoms with Gasteiger partial charge in [-0.15, -0.1) is 0 Å². The van der Waals surface area contributed by atoms with E-state index in [1.807, 2.05) is 0 Å². The van der Waals surface area contributed by atoms with Crippen molar-refractivity contribution < 1.29 is 49.7 Å². The van der Waals surface area contributed by atoms with Gasteiger partial charge in [0.15, 0.2) is 34.5 Å². The van der Waals surface area contributed by atoms with Crippen molar-refractivity contribution in [2.45, 2.75) is 13.2 Å². The minimum absolute atomic E-state index is 0.186. The van der Waals surface area contributed by atoms with Gasteiger partial charge in [0.1, 0.15) is 13.2 Å². The summed E-state index contributed by atoms with van der Waals surface area (Å²) in [4.78, 5) is 24.4. The second-order valence-corrected chi connectivity index (χ2v) is 6.65. The van der Waals surface area contributed by atoms with Crippen molar-refractivity contribution in [3.63, 3.8) is 0 Å². The topological polar surface area (TPSA) is 174 Å². The number of carbonyl (C=O) groups excluding carboxylic acids is 2. The van der Waals surface area contributed by atoms with Crippen molar-refractivity contribution in [3.05, 3.63) is 70.8 Å². The zero-order chi connectivity index (χ0) is 23.4. The van der Waals surface area contributed by atoms with E-state index in [-0.39, 0.29) is 24.3 Å². The van der Waals surface area contributed by atoms with Crippen LogP contribution in [0.25, 0.3) is 0 Å². The smallest absolute Gasteiger partial charge is 0.338 e. The highest BCUT2D eigenvalue weighted by molar-refractivity contribution is 5.91. The summed E-state index contributed by atoms with van der Waals surface area (Å²) in [6, 6.07) is 10.3. The lowest BCUT2D eigenvalue weighted by Crippen LogP contribution is -2.09. The third-order valence-corrected chi connectivity index (χ3v) is 4.45. The van der Waals surface area contributed by atoms with Crippen LogP contribution < -0.4 is 0 Å². The number of benzene rings is 3. The maximum absolute atomic E-state index is 12.2. The molecule has 0 radical (unpaired) electrons. The molecule has 0 saturated carbocycles. The van der Waals surface area contributed by atoms with Crippen LogP contribution in [0.3, 0.4) is 0 Å². The molecule has 10 nitrogen and oxygen atoms in total. The molecule has 0 heterocycles. The fraction of sp³-hybridized carbons (Fsp3) is 0.0909. The average Bonchev–Trinajstić information content (AvgIpc) is 2.77. The van der Waals surface area contributed by atoms with E-state index in [0.29, 0.717) is 11.1 Å². The highest BCUT2D eigenvalue weighted by atomic mass is 16.5. The number of phenolic OH excluding ortho intramolecular Hbond substituents is 6. The number of hydrogen-bond acceptors (Lipinski definition) is 10. The van der Waals surface area contributed by atoms with Crippen LogP contribution >= 0.6 is 0 Å². The van der Waals surface area contributed by atoms with Crippen molar-refractivity contribution in [1.29, 1.82) is 0 Å². The zero-order valence-electron chi connectivity index (χ0n) is 16.3. The molecule has 0 unspecified atom stereocenters. The van der Waals surface area contributed by atoms with Gasteiger partial charge in [-0.2, -0.15) is 0 Å². The molecule has 0 fully saturated rings. The molecule has 0 aliphatic rings. The molecule has 32 heavy (non-hydrogen) atoms. The van der Waals surface area contributed by atoms with E-state index in [1.54, 1.807) is 24.3 Å². The highest BCUT2D eigenvalue weighted by Crippen LogP contribution is 2.36. The van der Waals surface area contributed by atoms with Crippen LogP contribution in [0.5, 0.6) is 34.5 Å². The van der Waals surface area contributed by atoms with Gasteiger partial charge in [0, 0.05) is 0 Å². The number of aromatic hydroxyl groups is 6. The number of esters is 2. The molecule has 3 aromatic carbocycles. The Morgan fingerprint density at radius 1 is 0.594 bits per heavy atom. The summed E-state index contributed by atoms with van der Waals surface area (Å²) >= 11 is 0. The zero-order valence-corrected chi connectivity index (χ0v) is 16.3. The van der Waals surface area contributed by atoms with Gasteiger partial charge in [0.2, 0.25) is 0 Å². The van der Waals surface area contributed by atoms with Crippen molar-refractivity contribution >= 4 is 11.9 Å². The van der Waals surface area contributed by atoms with Gasteiger partial charge in [0.05, 0.1) is 11.1 Å². The Balaban J connectivity index is 1.67. The Kier molecular flexibility index (Phi) is 6.24. The predicted octanol–water partition coefficient (Wildman–Crippen LogP) is 2.63. The van der Waals surface area contributed by atoms with E-state index in [0.717, 1.165) is 24.3 Å². The average molecular weight is 442 g/mol. The largest absolute Gasteiger partial charge is 0.504 e. The molecule has 3 aromatic rings. The number of hydrogen-bond donors (Lipinski definition) is 6. The monoisotopic (exact) mass is 442 g/mol. The summed E-state index contributed by atoms with van der Waals surface area (Å²) in [6.07, 6.45) is 0. The van der Waals surface area contributed by atoms with Gasteiger partial charge in [-0.1, -0.05) is 24.3 Å². The second-order valence-electron chi connectivity index (χ2n) is 6.65. The molecule has 0 spiro atoms. The molecule has 0 aromatic heterocycles. The summed E-state index contributed by atoms with van der Waals surface area (Å²) < 4.78 is 10.3. The first-order chi connectivity index (χ1) is 15.2. The van der Waals surface area contributed by atoms with E-state index in [4.69, 9.17) is 9.47 Å². The molecule has 3 rings (SSSR count). The summed E-state index contributed by atoms with van der Waals surface area (Å²) in [5.41, 5.74) is 0.622. The fourth-order valence-electron chi connectivity index (χ4n) is 2.74.